The second-order valence-corrected chi connectivity index (χ2v) is 3.97. The maximum atomic E-state index is 5.46. The standard InChI is InChI=1S/C7H11N3OS/c8-7-10-9-6(12-7)4-5-2-1-3-11-5/h5H,1-4H2,(H2,8,10). The highest BCUT2D eigenvalue weighted by Gasteiger charge is 2.17. The van der Waals surface area contributed by atoms with Crippen LogP contribution in [0.4, 0.5) is 5.13 Å². The van der Waals surface area contributed by atoms with Crippen molar-refractivity contribution in [3.63, 3.8) is 0 Å². The third-order valence-electron chi connectivity index (χ3n) is 1.91. The van der Waals surface area contributed by atoms with Gasteiger partial charge in [0, 0.05) is 13.0 Å². The lowest BCUT2D eigenvalue weighted by atomic mass is 10.2. The molecule has 0 saturated carbocycles. The summed E-state index contributed by atoms with van der Waals surface area (Å²) in [5, 5.41) is 9.22. The van der Waals surface area contributed by atoms with E-state index in [4.69, 9.17) is 10.5 Å². The van der Waals surface area contributed by atoms with Crippen molar-refractivity contribution in [2.75, 3.05) is 12.3 Å². The average molecular weight is 185 g/mol. The summed E-state index contributed by atoms with van der Waals surface area (Å²) < 4.78 is 5.46. The van der Waals surface area contributed by atoms with Crippen LogP contribution in [0, 0.1) is 0 Å². The Morgan fingerprint density at radius 2 is 2.50 bits per heavy atom. The molecular weight excluding hydrogens is 174 g/mol. The molecule has 1 aliphatic heterocycles. The van der Waals surface area contributed by atoms with Crippen LogP contribution in [0.15, 0.2) is 0 Å². The second-order valence-electron chi connectivity index (χ2n) is 2.87. The molecule has 1 unspecified atom stereocenters. The molecular formula is C7H11N3OS. The van der Waals surface area contributed by atoms with Gasteiger partial charge in [0.1, 0.15) is 5.01 Å². The van der Waals surface area contributed by atoms with E-state index in [9.17, 15) is 0 Å². The van der Waals surface area contributed by atoms with E-state index in [0.717, 1.165) is 24.5 Å². The molecule has 66 valence electrons. The van der Waals surface area contributed by atoms with Gasteiger partial charge in [0.15, 0.2) is 0 Å². The molecule has 1 fully saturated rings. The highest BCUT2D eigenvalue weighted by Crippen LogP contribution is 2.19. The van der Waals surface area contributed by atoms with Crippen molar-refractivity contribution in [2.24, 2.45) is 0 Å². The second kappa shape index (κ2) is 3.37. The van der Waals surface area contributed by atoms with Gasteiger partial charge < -0.3 is 10.5 Å². The van der Waals surface area contributed by atoms with Gasteiger partial charge in [-0.25, -0.2) is 0 Å². The van der Waals surface area contributed by atoms with Crippen LogP contribution in [0.5, 0.6) is 0 Å². The summed E-state index contributed by atoms with van der Waals surface area (Å²) in [6.45, 7) is 0.888. The van der Waals surface area contributed by atoms with Crippen molar-refractivity contribution in [1.82, 2.24) is 10.2 Å². The zero-order valence-corrected chi connectivity index (χ0v) is 7.51. The van der Waals surface area contributed by atoms with E-state index in [1.54, 1.807) is 0 Å². The van der Waals surface area contributed by atoms with Crippen LogP contribution in [0.1, 0.15) is 17.8 Å². The number of aromatic nitrogens is 2. The van der Waals surface area contributed by atoms with Gasteiger partial charge in [0.2, 0.25) is 5.13 Å². The molecule has 0 aliphatic carbocycles. The van der Waals surface area contributed by atoms with E-state index >= 15 is 0 Å². The van der Waals surface area contributed by atoms with Crippen molar-refractivity contribution in [1.29, 1.82) is 0 Å². The predicted molar refractivity (Wildman–Crippen MR) is 47.0 cm³/mol. The summed E-state index contributed by atoms with van der Waals surface area (Å²) in [5.41, 5.74) is 5.46. The molecule has 5 heteroatoms. The van der Waals surface area contributed by atoms with Crippen LogP contribution in [0.25, 0.3) is 0 Å². The number of hydrogen-bond acceptors (Lipinski definition) is 5. The molecule has 2 heterocycles. The van der Waals surface area contributed by atoms with Gasteiger partial charge in [0.05, 0.1) is 6.10 Å². The molecule has 2 N–H and O–H groups in total. The largest absolute Gasteiger partial charge is 0.378 e. The third kappa shape index (κ3) is 1.73. The fourth-order valence-corrected chi connectivity index (χ4v) is 2.02. The number of hydrogen-bond donors (Lipinski definition) is 1. The zero-order valence-electron chi connectivity index (χ0n) is 6.69. The average Bonchev–Trinajstić information content (AvgIpc) is 2.63. The number of nitrogen functional groups attached to an aromatic ring is 1. The Balaban J connectivity index is 1.94. The van der Waals surface area contributed by atoms with Gasteiger partial charge in [-0.15, -0.1) is 10.2 Å². The first-order valence-corrected chi connectivity index (χ1v) is 4.86. The molecule has 0 bridgehead atoms. The van der Waals surface area contributed by atoms with Crippen LogP contribution in [0.3, 0.4) is 0 Å². The molecule has 2 rings (SSSR count). The smallest absolute Gasteiger partial charge is 0.203 e. The van der Waals surface area contributed by atoms with Gasteiger partial charge in [-0.2, -0.15) is 0 Å². The van der Waals surface area contributed by atoms with Crippen LogP contribution >= 0.6 is 11.3 Å². The Morgan fingerprint density at radius 1 is 1.58 bits per heavy atom. The number of anilines is 1. The third-order valence-corrected chi connectivity index (χ3v) is 2.68. The van der Waals surface area contributed by atoms with E-state index in [2.05, 4.69) is 10.2 Å². The van der Waals surface area contributed by atoms with Crippen molar-refractivity contribution in [3.8, 4) is 0 Å². The first-order valence-electron chi connectivity index (χ1n) is 4.04. The summed E-state index contributed by atoms with van der Waals surface area (Å²) in [7, 11) is 0. The SMILES string of the molecule is Nc1nnc(CC2CCCO2)s1. The zero-order chi connectivity index (χ0) is 8.39. The fraction of sp³-hybridized carbons (Fsp3) is 0.714. The van der Waals surface area contributed by atoms with E-state index in [1.807, 2.05) is 0 Å². The minimum absolute atomic E-state index is 0.345. The minimum atomic E-state index is 0.345. The Bertz CT molecular complexity index is 257. The topological polar surface area (TPSA) is 61.0 Å². The Morgan fingerprint density at radius 3 is 3.08 bits per heavy atom. The van der Waals surface area contributed by atoms with Crippen molar-refractivity contribution in [2.45, 2.75) is 25.4 Å². The van der Waals surface area contributed by atoms with Gasteiger partial charge in [-0.3, -0.25) is 0 Å². The highest BCUT2D eigenvalue weighted by molar-refractivity contribution is 7.15. The van der Waals surface area contributed by atoms with Crippen molar-refractivity contribution in [3.05, 3.63) is 5.01 Å². The monoisotopic (exact) mass is 185 g/mol. The molecule has 1 saturated heterocycles. The summed E-state index contributed by atoms with van der Waals surface area (Å²) in [4.78, 5) is 0. The Labute approximate surface area is 74.8 Å². The molecule has 1 aliphatic rings. The quantitative estimate of drug-likeness (QED) is 0.741. The number of nitrogens with two attached hydrogens (primary N) is 1. The Kier molecular flexibility index (Phi) is 2.23. The first-order chi connectivity index (χ1) is 5.84. The maximum absolute atomic E-state index is 5.46. The minimum Gasteiger partial charge on any atom is -0.378 e. The lowest BCUT2D eigenvalue weighted by molar-refractivity contribution is 0.111. The lowest BCUT2D eigenvalue weighted by Gasteiger charge is -2.04. The van der Waals surface area contributed by atoms with Crippen LogP contribution in [-0.4, -0.2) is 22.9 Å². The van der Waals surface area contributed by atoms with Crippen LogP contribution < -0.4 is 5.73 Å². The number of rotatable bonds is 2. The van der Waals surface area contributed by atoms with Gasteiger partial charge in [-0.1, -0.05) is 11.3 Å². The lowest BCUT2D eigenvalue weighted by Crippen LogP contribution is -2.08. The molecule has 0 aromatic carbocycles. The number of nitrogens with zero attached hydrogens (tertiary/aromatic N) is 2. The molecule has 1 aromatic rings. The molecule has 12 heavy (non-hydrogen) atoms. The molecule has 4 nitrogen and oxygen atoms in total. The maximum Gasteiger partial charge on any atom is 0.203 e. The summed E-state index contributed by atoms with van der Waals surface area (Å²) >= 11 is 1.45. The van der Waals surface area contributed by atoms with E-state index in [-0.39, 0.29) is 0 Å². The molecule has 0 amide bonds. The summed E-state index contributed by atoms with van der Waals surface area (Å²) in [6.07, 6.45) is 3.52. The molecule has 1 atom stereocenters. The fourth-order valence-electron chi connectivity index (χ4n) is 1.35. The highest BCUT2D eigenvalue weighted by atomic mass is 32.1. The molecule has 0 spiro atoms. The Hall–Kier alpha value is -0.680. The van der Waals surface area contributed by atoms with E-state index in [0.29, 0.717) is 11.2 Å². The van der Waals surface area contributed by atoms with Gasteiger partial charge in [-0.05, 0) is 12.8 Å². The van der Waals surface area contributed by atoms with Crippen LogP contribution in [-0.2, 0) is 11.2 Å². The van der Waals surface area contributed by atoms with E-state index in [1.165, 1.54) is 17.8 Å². The van der Waals surface area contributed by atoms with Crippen LogP contribution in [0.2, 0.25) is 0 Å². The summed E-state index contributed by atoms with van der Waals surface area (Å²) in [6, 6.07) is 0. The number of ether oxygens (including phenoxy) is 1. The van der Waals surface area contributed by atoms with Crippen molar-refractivity contribution < 1.29 is 4.74 Å². The summed E-state index contributed by atoms with van der Waals surface area (Å²) in [5.74, 6) is 0. The first kappa shape index (κ1) is 7.94. The normalized spacial score (nSPS) is 23.2. The van der Waals surface area contributed by atoms with E-state index < -0.39 is 0 Å². The molecule has 0 radical (unpaired) electrons. The molecule has 1 aromatic heterocycles. The van der Waals surface area contributed by atoms with Gasteiger partial charge >= 0.3 is 0 Å². The van der Waals surface area contributed by atoms with Crippen molar-refractivity contribution >= 4 is 16.5 Å². The predicted octanol–water partition coefficient (Wildman–Crippen LogP) is 0.842. The van der Waals surface area contributed by atoms with Gasteiger partial charge in [0.25, 0.3) is 0 Å².